The Bertz CT molecular complexity index is 178. The van der Waals surface area contributed by atoms with Gasteiger partial charge in [0.2, 0.25) is 0 Å². The second-order valence-electron chi connectivity index (χ2n) is 4.09. The normalized spacial score (nSPS) is 16.2. The molecule has 0 heterocycles. The first kappa shape index (κ1) is 11.7. The highest BCUT2D eigenvalue weighted by Crippen LogP contribution is 2.29. The summed E-state index contributed by atoms with van der Waals surface area (Å²) in [5, 5.41) is 8.85. The summed E-state index contributed by atoms with van der Waals surface area (Å²) in [7, 11) is 0. The second kappa shape index (κ2) is 6.14. The molecule has 1 N–H and O–H groups in total. The Morgan fingerprint density at radius 1 is 1.43 bits per heavy atom. The molecule has 82 valence electrons. The highest BCUT2D eigenvalue weighted by Gasteiger charge is 2.30. The molecule has 1 aliphatic carbocycles. The maximum Gasteiger partial charge on any atom is 0.149 e. The van der Waals surface area contributed by atoms with Crippen LogP contribution in [0.4, 0.5) is 0 Å². The molecule has 14 heavy (non-hydrogen) atoms. The van der Waals surface area contributed by atoms with E-state index in [4.69, 9.17) is 5.11 Å². The average Bonchev–Trinajstić information content (AvgIpc) is 2.97. The van der Waals surface area contributed by atoms with E-state index in [-0.39, 0.29) is 6.61 Å². The van der Waals surface area contributed by atoms with E-state index in [1.54, 1.807) is 0 Å². The third kappa shape index (κ3) is 4.20. The predicted octanol–water partition coefficient (Wildman–Crippen LogP) is 1.06. The summed E-state index contributed by atoms with van der Waals surface area (Å²) in [6.45, 7) is 4.42. The molecule has 1 saturated carbocycles. The zero-order chi connectivity index (χ0) is 10.4. The fourth-order valence-corrected chi connectivity index (χ4v) is 1.55. The van der Waals surface area contributed by atoms with Crippen molar-refractivity contribution in [1.82, 2.24) is 4.90 Å². The molecule has 0 aromatic rings. The molecule has 0 bridgehead atoms. The Hall–Kier alpha value is -0.410. The molecule has 0 amide bonds. The Kier molecular flexibility index (Phi) is 5.12. The standard InChI is InChI=1S/C11H21NO2/c1-2-3-6-12(7-8-13)9-11(14)10-4-5-10/h10,13H,2-9H2,1H3. The van der Waals surface area contributed by atoms with Crippen LogP contribution < -0.4 is 0 Å². The topological polar surface area (TPSA) is 40.5 Å². The fourth-order valence-electron chi connectivity index (χ4n) is 1.55. The maximum absolute atomic E-state index is 11.5. The van der Waals surface area contributed by atoms with Gasteiger partial charge in [0, 0.05) is 12.5 Å². The van der Waals surface area contributed by atoms with Gasteiger partial charge in [-0.25, -0.2) is 0 Å². The molecule has 3 nitrogen and oxygen atoms in total. The molecular weight excluding hydrogens is 178 g/mol. The van der Waals surface area contributed by atoms with Crippen LogP contribution in [0.1, 0.15) is 32.6 Å². The van der Waals surface area contributed by atoms with Crippen LogP contribution in [0.25, 0.3) is 0 Å². The van der Waals surface area contributed by atoms with Gasteiger partial charge in [0.25, 0.3) is 0 Å². The van der Waals surface area contributed by atoms with Crippen molar-refractivity contribution in [3.05, 3.63) is 0 Å². The first-order valence-corrected chi connectivity index (χ1v) is 5.63. The van der Waals surface area contributed by atoms with Crippen molar-refractivity contribution >= 4 is 5.78 Å². The van der Waals surface area contributed by atoms with Crippen LogP contribution in [0.3, 0.4) is 0 Å². The Labute approximate surface area is 86.1 Å². The Morgan fingerprint density at radius 3 is 2.64 bits per heavy atom. The van der Waals surface area contributed by atoms with Gasteiger partial charge in [-0.1, -0.05) is 13.3 Å². The van der Waals surface area contributed by atoms with Crippen LogP contribution >= 0.6 is 0 Å². The van der Waals surface area contributed by atoms with Gasteiger partial charge in [-0.2, -0.15) is 0 Å². The number of unbranched alkanes of at least 4 members (excludes halogenated alkanes) is 1. The molecule has 1 aliphatic rings. The second-order valence-corrected chi connectivity index (χ2v) is 4.09. The summed E-state index contributed by atoms with van der Waals surface area (Å²) < 4.78 is 0. The number of ketones is 1. The van der Waals surface area contributed by atoms with Gasteiger partial charge >= 0.3 is 0 Å². The van der Waals surface area contributed by atoms with Gasteiger partial charge in [0.1, 0.15) is 5.78 Å². The SMILES string of the molecule is CCCCN(CCO)CC(=O)C1CC1. The summed E-state index contributed by atoms with van der Waals surface area (Å²) in [4.78, 5) is 13.6. The molecule has 0 spiro atoms. The molecule has 0 radical (unpaired) electrons. The zero-order valence-corrected chi connectivity index (χ0v) is 9.04. The first-order valence-electron chi connectivity index (χ1n) is 5.63. The monoisotopic (exact) mass is 199 g/mol. The number of aliphatic hydroxyl groups excluding tert-OH is 1. The molecular formula is C11H21NO2. The van der Waals surface area contributed by atoms with Crippen molar-refractivity contribution < 1.29 is 9.90 Å². The van der Waals surface area contributed by atoms with E-state index in [0.717, 1.165) is 32.2 Å². The molecule has 1 fully saturated rings. The summed E-state index contributed by atoms with van der Waals surface area (Å²) >= 11 is 0. The summed E-state index contributed by atoms with van der Waals surface area (Å²) in [5.41, 5.74) is 0. The minimum atomic E-state index is 0.154. The summed E-state index contributed by atoms with van der Waals surface area (Å²) in [6.07, 6.45) is 4.41. The van der Waals surface area contributed by atoms with E-state index in [1.165, 1.54) is 0 Å². The quantitative estimate of drug-likeness (QED) is 0.635. The maximum atomic E-state index is 11.5. The van der Waals surface area contributed by atoms with Gasteiger partial charge in [-0.15, -0.1) is 0 Å². The summed E-state index contributed by atoms with van der Waals surface area (Å²) in [5.74, 6) is 0.715. The van der Waals surface area contributed by atoms with Crippen LogP contribution in [0.5, 0.6) is 0 Å². The number of aliphatic hydroxyl groups is 1. The number of Topliss-reactive ketones (excluding diaryl/α,β-unsaturated/α-hetero) is 1. The van der Waals surface area contributed by atoms with E-state index in [9.17, 15) is 4.79 Å². The van der Waals surface area contributed by atoms with Crippen LogP contribution in [-0.2, 0) is 4.79 Å². The number of nitrogens with zero attached hydrogens (tertiary/aromatic N) is 1. The number of hydrogen-bond acceptors (Lipinski definition) is 3. The zero-order valence-electron chi connectivity index (χ0n) is 9.04. The molecule has 0 aliphatic heterocycles. The third-order valence-corrected chi connectivity index (χ3v) is 2.66. The smallest absolute Gasteiger partial charge is 0.149 e. The molecule has 1 rings (SSSR count). The van der Waals surface area contributed by atoms with Crippen molar-refractivity contribution in [3.63, 3.8) is 0 Å². The lowest BCUT2D eigenvalue weighted by Crippen LogP contribution is -2.33. The lowest BCUT2D eigenvalue weighted by molar-refractivity contribution is -0.121. The fraction of sp³-hybridized carbons (Fsp3) is 0.909. The Balaban J connectivity index is 2.21. The molecule has 0 saturated heterocycles. The minimum Gasteiger partial charge on any atom is -0.395 e. The highest BCUT2D eigenvalue weighted by molar-refractivity contribution is 5.84. The largest absolute Gasteiger partial charge is 0.395 e. The molecule has 0 atom stereocenters. The lowest BCUT2D eigenvalue weighted by atomic mass is 10.2. The first-order chi connectivity index (χ1) is 6.77. The van der Waals surface area contributed by atoms with E-state index >= 15 is 0 Å². The Morgan fingerprint density at radius 2 is 2.14 bits per heavy atom. The van der Waals surface area contributed by atoms with Gasteiger partial charge in [-0.05, 0) is 25.8 Å². The van der Waals surface area contributed by atoms with Crippen LogP contribution in [0.2, 0.25) is 0 Å². The number of rotatable bonds is 8. The van der Waals surface area contributed by atoms with Crippen molar-refractivity contribution in [2.45, 2.75) is 32.6 Å². The van der Waals surface area contributed by atoms with E-state index in [1.807, 2.05) is 0 Å². The molecule has 0 unspecified atom stereocenters. The van der Waals surface area contributed by atoms with Crippen molar-refractivity contribution in [2.75, 3.05) is 26.2 Å². The number of hydrogen-bond donors (Lipinski definition) is 1. The molecule has 0 aromatic heterocycles. The van der Waals surface area contributed by atoms with Gasteiger partial charge < -0.3 is 5.11 Å². The van der Waals surface area contributed by atoms with E-state index in [0.29, 0.717) is 24.8 Å². The number of carbonyl (C=O) groups is 1. The third-order valence-electron chi connectivity index (χ3n) is 2.66. The number of carbonyl (C=O) groups excluding carboxylic acids is 1. The molecule has 3 heteroatoms. The van der Waals surface area contributed by atoms with Crippen LogP contribution in [0.15, 0.2) is 0 Å². The van der Waals surface area contributed by atoms with Crippen molar-refractivity contribution in [3.8, 4) is 0 Å². The van der Waals surface area contributed by atoms with Crippen molar-refractivity contribution in [2.24, 2.45) is 5.92 Å². The van der Waals surface area contributed by atoms with Crippen molar-refractivity contribution in [1.29, 1.82) is 0 Å². The van der Waals surface area contributed by atoms with E-state index in [2.05, 4.69) is 11.8 Å². The van der Waals surface area contributed by atoms with Gasteiger partial charge in [0.05, 0.1) is 13.2 Å². The predicted molar refractivity (Wildman–Crippen MR) is 56.2 cm³/mol. The minimum absolute atomic E-state index is 0.154. The average molecular weight is 199 g/mol. The molecule has 0 aromatic carbocycles. The lowest BCUT2D eigenvalue weighted by Gasteiger charge is -2.19. The van der Waals surface area contributed by atoms with Crippen LogP contribution in [0, 0.1) is 5.92 Å². The highest BCUT2D eigenvalue weighted by atomic mass is 16.3. The van der Waals surface area contributed by atoms with E-state index < -0.39 is 0 Å². The van der Waals surface area contributed by atoms with Gasteiger partial charge in [0.15, 0.2) is 0 Å². The van der Waals surface area contributed by atoms with Gasteiger partial charge in [-0.3, -0.25) is 9.69 Å². The van der Waals surface area contributed by atoms with Crippen LogP contribution in [-0.4, -0.2) is 42.0 Å². The summed E-state index contributed by atoms with van der Waals surface area (Å²) in [6, 6.07) is 0.